The van der Waals surface area contributed by atoms with E-state index in [9.17, 15) is 14.4 Å². The molecule has 0 saturated carbocycles. The minimum absolute atomic E-state index is 0.113. The average Bonchev–Trinajstić information content (AvgIpc) is 3.47. The number of unbranched alkanes of at least 4 members (excludes halogenated alkanes) is 15. The Bertz CT molecular complexity index is 1900. The molecule has 0 saturated heterocycles. The molecule has 6 heteroatoms. The number of hydrogen-bond donors (Lipinski definition) is 0. The van der Waals surface area contributed by atoms with E-state index in [0.29, 0.717) is 19.3 Å². The van der Waals surface area contributed by atoms with Gasteiger partial charge in [0, 0.05) is 19.3 Å². The molecule has 0 radical (unpaired) electrons. The molecule has 6 nitrogen and oxygen atoms in total. The van der Waals surface area contributed by atoms with E-state index in [1.807, 2.05) is 0 Å². The summed E-state index contributed by atoms with van der Waals surface area (Å²) < 4.78 is 16.9. The van der Waals surface area contributed by atoms with Crippen LogP contribution in [-0.2, 0) is 28.6 Å². The van der Waals surface area contributed by atoms with Crippen molar-refractivity contribution in [3.8, 4) is 0 Å². The third-order valence-electron chi connectivity index (χ3n) is 12.9. The van der Waals surface area contributed by atoms with Crippen LogP contribution in [0.4, 0.5) is 0 Å². The van der Waals surface area contributed by atoms with Crippen LogP contribution in [0.15, 0.2) is 182 Å². The van der Waals surface area contributed by atoms with Crippen LogP contribution in [0.5, 0.6) is 0 Å². The van der Waals surface area contributed by atoms with Gasteiger partial charge in [-0.15, -0.1) is 0 Å². The van der Waals surface area contributed by atoms with Gasteiger partial charge in [0.05, 0.1) is 0 Å². The first-order valence-corrected chi connectivity index (χ1v) is 32.3. The minimum atomic E-state index is -0.820. The van der Waals surface area contributed by atoms with Crippen molar-refractivity contribution in [1.82, 2.24) is 0 Å². The van der Waals surface area contributed by atoms with Crippen LogP contribution in [0.3, 0.4) is 0 Å². The zero-order valence-electron chi connectivity index (χ0n) is 51.7. The van der Waals surface area contributed by atoms with Crippen LogP contribution in [0.2, 0.25) is 0 Å². The molecule has 0 aliphatic rings. The third-order valence-corrected chi connectivity index (χ3v) is 12.9. The summed E-state index contributed by atoms with van der Waals surface area (Å²) in [6, 6.07) is 0. The second-order valence-corrected chi connectivity index (χ2v) is 20.5. The summed E-state index contributed by atoms with van der Waals surface area (Å²) in [5, 5.41) is 0. The molecule has 0 spiro atoms. The van der Waals surface area contributed by atoms with Gasteiger partial charge in [0.25, 0.3) is 0 Å². The lowest BCUT2D eigenvalue weighted by molar-refractivity contribution is -0.167. The van der Waals surface area contributed by atoms with Crippen molar-refractivity contribution in [3.63, 3.8) is 0 Å². The van der Waals surface area contributed by atoms with Crippen LogP contribution >= 0.6 is 0 Å². The second-order valence-electron chi connectivity index (χ2n) is 20.5. The first kappa shape index (κ1) is 75.5. The van der Waals surface area contributed by atoms with E-state index in [1.54, 1.807) is 0 Å². The Hall–Kier alpha value is -5.49. The standard InChI is InChI=1S/C75H116O6/c1-4-7-10-13-16-19-22-25-28-30-32-34-35-36-37-38-39-41-42-44-47-50-53-56-59-62-65-68-74(77)80-71-72(70-79-73(76)67-64-61-58-55-52-49-46-27-24-21-18-15-12-9-6-3)81-75(78)69-66-63-60-57-54-51-48-45-43-40-33-31-29-26-23-20-17-14-11-8-5-2/h7-12,16-21,25-29,32-34,36-37,39-41,44,46-47,53,56,72H,4-6,13-15,22-24,30-31,35,38,42-43,45,48-52,54-55,57-71H2,1-3H3/b10-7-,11-8-,12-9-,19-16-,20-17-,21-18-,28-25-,29-26-,34-32-,37-36-,40-33-,41-39-,46-27-,47-44-,56-53-. The molecule has 0 rings (SSSR count). The fourth-order valence-corrected chi connectivity index (χ4v) is 8.17. The Kier molecular flexibility index (Phi) is 62.5. The lowest BCUT2D eigenvalue weighted by Gasteiger charge is -2.18. The van der Waals surface area contributed by atoms with Crippen molar-refractivity contribution in [2.45, 2.75) is 258 Å². The summed E-state index contributed by atoms with van der Waals surface area (Å²) >= 11 is 0. The van der Waals surface area contributed by atoms with Gasteiger partial charge >= 0.3 is 17.9 Å². The van der Waals surface area contributed by atoms with Gasteiger partial charge in [0.1, 0.15) is 13.2 Å². The van der Waals surface area contributed by atoms with E-state index in [4.69, 9.17) is 14.2 Å². The number of carbonyl (C=O) groups is 3. The Morgan fingerprint density at radius 2 is 0.444 bits per heavy atom. The predicted molar refractivity (Wildman–Crippen MR) is 352 cm³/mol. The Morgan fingerprint density at radius 3 is 0.716 bits per heavy atom. The summed E-state index contributed by atoms with van der Waals surface area (Å²) in [5.74, 6) is -0.989. The molecule has 0 N–H and O–H groups in total. The van der Waals surface area contributed by atoms with Crippen molar-refractivity contribution >= 4 is 17.9 Å². The molecule has 0 aromatic heterocycles. The van der Waals surface area contributed by atoms with Crippen LogP contribution in [0, 0.1) is 0 Å². The van der Waals surface area contributed by atoms with E-state index in [2.05, 4.69) is 203 Å². The maximum Gasteiger partial charge on any atom is 0.306 e. The quantitative estimate of drug-likeness (QED) is 0.0261. The number of ether oxygens (including phenoxy) is 3. The van der Waals surface area contributed by atoms with Gasteiger partial charge in [-0.25, -0.2) is 0 Å². The molecule has 1 unspecified atom stereocenters. The van der Waals surface area contributed by atoms with E-state index in [-0.39, 0.29) is 37.5 Å². The Labute approximate surface area is 497 Å². The van der Waals surface area contributed by atoms with Crippen molar-refractivity contribution in [2.75, 3.05) is 13.2 Å². The number of allylic oxidation sites excluding steroid dienone is 30. The maximum absolute atomic E-state index is 12.9. The highest BCUT2D eigenvalue weighted by Gasteiger charge is 2.19. The van der Waals surface area contributed by atoms with Crippen LogP contribution in [0.25, 0.3) is 0 Å². The number of hydrogen-bond acceptors (Lipinski definition) is 6. The molecule has 0 aliphatic heterocycles. The summed E-state index contributed by atoms with van der Waals surface area (Å²) in [6.45, 7) is 6.24. The molecule has 0 amide bonds. The maximum atomic E-state index is 12.9. The molecule has 0 fully saturated rings. The smallest absolute Gasteiger partial charge is 0.306 e. The van der Waals surface area contributed by atoms with Gasteiger partial charge < -0.3 is 14.2 Å². The zero-order chi connectivity index (χ0) is 58.5. The molecular weight excluding hydrogens is 997 g/mol. The molecular formula is C75H116O6. The number of esters is 3. The zero-order valence-corrected chi connectivity index (χ0v) is 51.7. The molecule has 452 valence electrons. The Balaban J connectivity index is 4.52. The van der Waals surface area contributed by atoms with Gasteiger partial charge in [-0.2, -0.15) is 0 Å². The summed E-state index contributed by atoms with van der Waals surface area (Å²) in [6.07, 6.45) is 100. The first-order chi connectivity index (χ1) is 40.0. The largest absolute Gasteiger partial charge is 0.462 e. The topological polar surface area (TPSA) is 78.9 Å². The summed E-state index contributed by atoms with van der Waals surface area (Å²) in [5.41, 5.74) is 0. The lowest BCUT2D eigenvalue weighted by atomic mass is 10.1. The number of rotatable bonds is 56. The highest BCUT2D eigenvalue weighted by atomic mass is 16.6. The van der Waals surface area contributed by atoms with Gasteiger partial charge in [-0.05, 0) is 154 Å². The number of carbonyl (C=O) groups excluding carboxylic acids is 3. The SMILES string of the molecule is CC/C=C\C/C=C\C/C=C\C/C=C\C/C=C\C/C=C\C/C=C\C/C=C\CCCCC(=O)OCC(COC(=O)CCCCCCC/C=C\C/C=C\C/C=C\CC)OC(=O)CCCCCCCCCC/C=C\C/C=C\C/C=C\C/C=C\CC. The summed E-state index contributed by atoms with van der Waals surface area (Å²) in [4.78, 5) is 38.4. The fraction of sp³-hybridized carbons (Fsp3) is 0.560. The van der Waals surface area contributed by atoms with E-state index in [0.717, 1.165) is 173 Å². The van der Waals surface area contributed by atoms with Crippen LogP contribution < -0.4 is 0 Å². The predicted octanol–water partition coefficient (Wildman–Crippen LogP) is 22.4. The van der Waals surface area contributed by atoms with E-state index >= 15 is 0 Å². The molecule has 81 heavy (non-hydrogen) atoms. The van der Waals surface area contributed by atoms with Gasteiger partial charge in [-0.1, -0.05) is 261 Å². The minimum Gasteiger partial charge on any atom is -0.462 e. The van der Waals surface area contributed by atoms with Crippen LogP contribution in [0.1, 0.15) is 252 Å². The van der Waals surface area contributed by atoms with E-state index < -0.39 is 6.10 Å². The van der Waals surface area contributed by atoms with Crippen molar-refractivity contribution in [2.24, 2.45) is 0 Å². The fourth-order valence-electron chi connectivity index (χ4n) is 8.17. The Morgan fingerprint density at radius 1 is 0.247 bits per heavy atom. The summed E-state index contributed by atoms with van der Waals surface area (Å²) in [7, 11) is 0. The van der Waals surface area contributed by atoms with Gasteiger partial charge in [0.15, 0.2) is 6.10 Å². The lowest BCUT2D eigenvalue weighted by Crippen LogP contribution is -2.30. The average molecular weight is 1110 g/mol. The van der Waals surface area contributed by atoms with Gasteiger partial charge in [0.2, 0.25) is 0 Å². The van der Waals surface area contributed by atoms with E-state index in [1.165, 1.54) is 32.1 Å². The van der Waals surface area contributed by atoms with Crippen LogP contribution in [-0.4, -0.2) is 37.2 Å². The molecule has 0 bridgehead atoms. The highest BCUT2D eigenvalue weighted by molar-refractivity contribution is 5.71. The first-order valence-electron chi connectivity index (χ1n) is 32.3. The molecule has 0 aromatic rings. The molecule has 0 heterocycles. The molecule has 1 atom stereocenters. The normalized spacial score (nSPS) is 13.4. The van der Waals surface area contributed by atoms with Crippen molar-refractivity contribution in [3.05, 3.63) is 182 Å². The second kappa shape index (κ2) is 67.0. The van der Waals surface area contributed by atoms with Crippen molar-refractivity contribution < 1.29 is 28.6 Å². The third kappa shape index (κ3) is 65.2. The molecule has 0 aliphatic carbocycles. The van der Waals surface area contributed by atoms with Crippen molar-refractivity contribution in [1.29, 1.82) is 0 Å². The highest BCUT2D eigenvalue weighted by Crippen LogP contribution is 2.14. The monoisotopic (exact) mass is 1110 g/mol. The molecule has 0 aromatic carbocycles. The van der Waals surface area contributed by atoms with Gasteiger partial charge in [-0.3, -0.25) is 14.4 Å².